The number of hydrogen-bond donors (Lipinski definition) is 0. The number of aromatic nitrogens is 2. The highest BCUT2D eigenvalue weighted by Gasteiger charge is 2.43. The van der Waals surface area contributed by atoms with Crippen molar-refractivity contribution in [1.82, 2.24) is 19.9 Å². The number of nitriles is 1. The van der Waals surface area contributed by atoms with Gasteiger partial charge in [0.05, 0.1) is 47.9 Å². The lowest BCUT2D eigenvalue weighted by atomic mass is 9.77. The summed E-state index contributed by atoms with van der Waals surface area (Å²) in [5, 5.41) is 14.4. The first-order valence-electron chi connectivity index (χ1n) is 15.3. The van der Waals surface area contributed by atoms with Gasteiger partial charge in [0.1, 0.15) is 5.82 Å². The summed E-state index contributed by atoms with van der Waals surface area (Å²) in [7, 11) is 3.68. The number of ether oxygens (including phenoxy) is 1. The Kier molecular flexibility index (Phi) is 8.68. The molecule has 1 aromatic heterocycles. The third-order valence-corrected chi connectivity index (χ3v) is 9.81. The van der Waals surface area contributed by atoms with E-state index in [0.717, 1.165) is 89.6 Å². The number of benzene rings is 2. The van der Waals surface area contributed by atoms with E-state index < -0.39 is 0 Å². The Morgan fingerprint density at radius 2 is 1.98 bits per heavy atom. The number of nitrogens with zero attached hydrogens (tertiary/aromatic N) is 7. The van der Waals surface area contributed by atoms with Crippen LogP contribution in [-0.4, -0.2) is 78.5 Å². The molecule has 10 heteroatoms. The van der Waals surface area contributed by atoms with Gasteiger partial charge in [-0.2, -0.15) is 15.2 Å². The molecule has 44 heavy (non-hydrogen) atoms. The molecule has 0 amide bonds. The Hall–Kier alpha value is -3.84. The minimum atomic E-state index is -0.186. The van der Waals surface area contributed by atoms with Crippen LogP contribution in [0.3, 0.4) is 0 Å². The summed E-state index contributed by atoms with van der Waals surface area (Å²) in [6, 6.07) is 15.0. The second-order valence-corrected chi connectivity index (χ2v) is 12.4. The first-order chi connectivity index (χ1) is 21.4. The van der Waals surface area contributed by atoms with Crippen LogP contribution in [0.25, 0.3) is 10.8 Å². The number of hydrogen-bond acceptors (Lipinski definition) is 9. The number of allylic oxidation sites excluding steroid dienone is 1. The highest BCUT2D eigenvalue weighted by atomic mass is 35.5. The number of piperazine rings is 1. The molecule has 2 aromatic carbocycles. The van der Waals surface area contributed by atoms with Crippen LogP contribution in [-0.2, 0) is 17.7 Å². The van der Waals surface area contributed by atoms with Crippen molar-refractivity contribution in [3.05, 3.63) is 77.6 Å². The molecule has 230 valence electrons. The Balaban J connectivity index is 1.37. The van der Waals surface area contributed by atoms with E-state index in [1.54, 1.807) is 13.2 Å². The number of rotatable bonds is 10. The van der Waals surface area contributed by atoms with Gasteiger partial charge in [-0.3, -0.25) is 0 Å². The van der Waals surface area contributed by atoms with E-state index in [-0.39, 0.29) is 11.6 Å². The van der Waals surface area contributed by atoms with Gasteiger partial charge in [-0.05, 0) is 49.3 Å². The standard InChI is InChI=1S/C34H40ClN7O2/c1-5-24(2)42-20-19-41(21-26(42)13-17-36)32-27-14-18-40(30-12-7-10-25-9-6-11-28(35)31(25)30)22-29(27)37-33(38-32)44-39(3)34(23-43-4)15-8-16-34/h5-7,9-12,26H,1-2,8,13-16,18-23H2,3-4H3. The average molecular weight is 614 g/mol. The molecule has 1 unspecified atom stereocenters. The molecule has 0 N–H and O–H groups in total. The molecule has 1 saturated heterocycles. The second kappa shape index (κ2) is 12.6. The van der Waals surface area contributed by atoms with Gasteiger partial charge in [-0.1, -0.05) is 49.0 Å². The van der Waals surface area contributed by atoms with E-state index in [4.69, 9.17) is 31.1 Å². The lowest BCUT2D eigenvalue weighted by Gasteiger charge is -2.46. The molecule has 3 heterocycles. The van der Waals surface area contributed by atoms with Crippen molar-refractivity contribution in [2.24, 2.45) is 0 Å². The molecular formula is C34H40ClN7O2. The first kappa shape index (κ1) is 30.2. The molecule has 2 fully saturated rings. The highest BCUT2D eigenvalue weighted by Crippen LogP contribution is 2.40. The first-order valence-corrected chi connectivity index (χ1v) is 15.7. The van der Waals surface area contributed by atoms with Gasteiger partial charge in [-0.25, -0.2) is 0 Å². The topological polar surface area (TPSA) is 81.0 Å². The van der Waals surface area contributed by atoms with Crippen molar-refractivity contribution in [3.63, 3.8) is 0 Å². The van der Waals surface area contributed by atoms with Crippen LogP contribution in [0, 0.1) is 11.3 Å². The second-order valence-electron chi connectivity index (χ2n) is 12.0. The van der Waals surface area contributed by atoms with Crippen molar-refractivity contribution in [3.8, 4) is 12.1 Å². The van der Waals surface area contributed by atoms with Gasteiger partial charge in [0, 0.05) is 62.7 Å². The van der Waals surface area contributed by atoms with E-state index in [9.17, 15) is 5.26 Å². The van der Waals surface area contributed by atoms with Gasteiger partial charge >= 0.3 is 6.01 Å². The predicted octanol–water partition coefficient (Wildman–Crippen LogP) is 5.74. The fourth-order valence-corrected chi connectivity index (χ4v) is 7.16. The monoisotopic (exact) mass is 613 g/mol. The Labute approximate surface area is 264 Å². The third kappa shape index (κ3) is 5.58. The molecule has 9 nitrogen and oxygen atoms in total. The van der Waals surface area contributed by atoms with Crippen molar-refractivity contribution in [2.75, 3.05) is 56.7 Å². The molecule has 3 aromatic rings. The summed E-state index contributed by atoms with van der Waals surface area (Å²) < 4.78 is 5.57. The van der Waals surface area contributed by atoms with Gasteiger partial charge in [-0.15, -0.1) is 5.06 Å². The number of halogens is 1. The highest BCUT2D eigenvalue weighted by molar-refractivity contribution is 6.36. The molecule has 1 aliphatic carbocycles. The number of hydroxylamine groups is 2. The smallest absolute Gasteiger partial charge is 0.338 e. The van der Waals surface area contributed by atoms with Crippen LogP contribution in [0.2, 0.25) is 5.02 Å². The largest absolute Gasteiger partial charge is 0.383 e. The summed E-state index contributed by atoms with van der Waals surface area (Å²) in [6.45, 7) is 12.2. The zero-order chi connectivity index (χ0) is 30.8. The van der Waals surface area contributed by atoms with Crippen molar-refractivity contribution < 1.29 is 9.57 Å². The Bertz CT molecular complexity index is 1600. The van der Waals surface area contributed by atoms with Gasteiger partial charge in [0.25, 0.3) is 0 Å². The molecule has 1 atom stereocenters. The molecule has 0 bridgehead atoms. The summed E-state index contributed by atoms with van der Waals surface area (Å²) in [6.07, 6.45) is 6.05. The molecule has 0 radical (unpaired) electrons. The van der Waals surface area contributed by atoms with Crippen molar-refractivity contribution in [2.45, 2.75) is 50.2 Å². The molecule has 1 saturated carbocycles. The summed E-state index contributed by atoms with van der Waals surface area (Å²) in [5.41, 5.74) is 3.82. The quantitative estimate of drug-likeness (QED) is 0.210. The number of methoxy groups -OCH3 is 1. The number of likely N-dealkylation sites (N-methyl/N-ethyl adjacent to an activating group) is 1. The minimum Gasteiger partial charge on any atom is -0.383 e. The fourth-order valence-electron chi connectivity index (χ4n) is 6.88. The van der Waals surface area contributed by atoms with Gasteiger partial charge in [0.15, 0.2) is 0 Å². The molecule has 0 spiro atoms. The zero-order valence-electron chi connectivity index (χ0n) is 25.6. The van der Waals surface area contributed by atoms with E-state index in [1.165, 1.54) is 0 Å². The normalized spacial score (nSPS) is 19.3. The van der Waals surface area contributed by atoms with Crippen molar-refractivity contribution in [1.29, 1.82) is 5.26 Å². The van der Waals surface area contributed by atoms with E-state index in [1.807, 2.05) is 24.2 Å². The van der Waals surface area contributed by atoms with Crippen LogP contribution in [0.4, 0.5) is 11.5 Å². The summed E-state index contributed by atoms with van der Waals surface area (Å²) >= 11 is 6.73. The van der Waals surface area contributed by atoms with Crippen LogP contribution in [0.5, 0.6) is 6.01 Å². The van der Waals surface area contributed by atoms with Crippen molar-refractivity contribution >= 4 is 33.9 Å². The zero-order valence-corrected chi connectivity index (χ0v) is 26.4. The summed E-state index contributed by atoms with van der Waals surface area (Å²) in [5.74, 6) is 0.884. The maximum atomic E-state index is 9.64. The molecular weight excluding hydrogens is 574 g/mol. The molecule has 6 rings (SSSR count). The molecule has 3 aliphatic rings. The van der Waals surface area contributed by atoms with Crippen LogP contribution < -0.4 is 14.6 Å². The molecule has 2 aliphatic heterocycles. The summed E-state index contributed by atoms with van der Waals surface area (Å²) in [4.78, 5) is 23.3. The van der Waals surface area contributed by atoms with E-state index in [0.29, 0.717) is 32.1 Å². The minimum absolute atomic E-state index is 0.0187. The third-order valence-electron chi connectivity index (χ3n) is 9.49. The van der Waals surface area contributed by atoms with Gasteiger partial charge in [0.2, 0.25) is 0 Å². The predicted molar refractivity (Wildman–Crippen MR) is 175 cm³/mol. The number of fused-ring (bicyclic) bond motifs is 2. The van der Waals surface area contributed by atoms with E-state index >= 15 is 0 Å². The number of anilines is 2. The fraction of sp³-hybridized carbons (Fsp3) is 0.441. The lowest BCUT2D eigenvalue weighted by Crippen LogP contribution is -2.56. The Morgan fingerprint density at radius 3 is 2.68 bits per heavy atom. The maximum absolute atomic E-state index is 9.64. The van der Waals surface area contributed by atoms with Gasteiger partial charge < -0.3 is 24.3 Å². The van der Waals surface area contributed by atoms with Crippen LogP contribution in [0.1, 0.15) is 36.9 Å². The Morgan fingerprint density at radius 1 is 1.18 bits per heavy atom. The van der Waals surface area contributed by atoms with E-state index in [2.05, 4.69) is 58.2 Å². The maximum Gasteiger partial charge on any atom is 0.338 e. The average Bonchev–Trinajstić information content (AvgIpc) is 3.01. The van der Waals surface area contributed by atoms with Crippen LogP contribution in [0.15, 0.2) is 61.3 Å². The van der Waals surface area contributed by atoms with Crippen LogP contribution >= 0.6 is 11.6 Å². The SMILES string of the molecule is C=CC(=C)N1CCN(c2nc(ON(C)C3(COC)CCC3)nc3c2CCN(c2cccc4cccc(Cl)c24)C3)CC1CC#N. The lowest BCUT2D eigenvalue weighted by molar-refractivity contribution is -0.180.